The monoisotopic (exact) mass is 341 g/mol. The van der Waals surface area contributed by atoms with E-state index in [9.17, 15) is 13.6 Å². The summed E-state index contributed by atoms with van der Waals surface area (Å²) < 4.78 is 31.1. The van der Waals surface area contributed by atoms with Crippen molar-refractivity contribution in [1.29, 1.82) is 0 Å². The lowest BCUT2D eigenvalue weighted by atomic mass is 10.0. The van der Waals surface area contributed by atoms with Gasteiger partial charge in [0.25, 0.3) is 6.43 Å². The largest absolute Gasteiger partial charge is 0.466 e. The highest BCUT2D eigenvalue weighted by Crippen LogP contribution is 2.29. The number of aromatic nitrogens is 1. The first-order chi connectivity index (χ1) is 8.49. The summed E-state index contributed by atoms with van der Waals surface area (Å²) in [6.45, 7) is 1.86. The van der Waals surface area contributed by atoms with Gasteiger partial charge in [-0.15, -0.1) is 11.6 Å². The lowest BCUT2D eigenvalue weighted by Crippen LogP contribution is -2.11. The van der Waals surface area contributed by atoms with Crippen LogP contribution in [0.15, 0.2) is 10.7 Å². The summed E-state index contributed by atoms with van der Waals surface area (Å²) in [7, 11) is 0. The molecule has 0 bridgehead atoms. The Hall–Kier alpha value is -0.750. The van der Waals surface area contributed by atoms with Crippen molar-refractivity contribution < 1.29 is 18.3 Å². The molecule has 0 spiro atoms. The molecule has 0 aromatic carbocycles. The van der Waals surface area contributed by atoms with Gasteiger partial charge in [-0.2, -0.15) is 0 Å². The molecule has 3 nitrogen and oxygen atoms in total. The van der Waals surface area contributed by atoms with E-state index in [1.165, 1.54) is 6.07 Å². The van der Waals surface area contributed by atoms with Crippen molar-refractivity contribution in [2.24, 2.45) is 0 Å². The van der Waals surface area contributed by atoms with Crippen molar-refractivity contribution in [2.75, 3.05) is 6.61 Å². The molecule has 0 aliphatic heterocycles. The lowest BCUT2D eigenvalue weighted by molar-refractivity contribution is -0.142. The zero-order chi connectivity index (χ0) is 13.7. The smallest absolute Gasteiger partial charge is 0.310 e. The summed E-state index contributed by atoms with van der Waals surface area (Å²) in [5.74, 6) is -0.701. The van der Waals surface area contributed by atoms with E-state index in [4.69, 9.17) is 16.3 Å². The van der Waals surface area contributed by atoms with Gasteiger partial charge in [0.05, 0.1) is 24.6 Å². The topological polar surface area (TPSA) is 39.2 Å². The lowest BCUT2D eigenvalue weighted by Gasteiger charge is -2.12. The molecule has 0 aliphatic rings. The number of ether oxygens (including phenoxy) is 1. The molecule has 0 aliphatic carbocycles. The zero-order valence-corrected chi connectivity index (χ0v) is 11.9. The average Bonchev–Trinajstić information content (AvgIpc) is 2.27. The summed E-state index contributed by atoms with van der Waals surface area (Å²) in [5, 5.41) is 0. The molecule has 1 rings (SSSR count). The van der Waals surface area contributed by atoms with Crippen molar-refractivity contribution in [1.82, 2.24) is 4.98 Å². The highest BCUT2D eigenvalue weighted by atomic mass is 79.9. The van der Waals surface area contributed by atoms with Gasteiger partial charge in [-0.05, 0) is 34.5 Å². The van der Waals surface area contributed by atoms with E-state index in [1.54, 1.807) is 6.92 Å². The average molecular weight is 343 g/mol. The Morgan fingerprint density at radius 2 is 2.28 bits per heavy atom. The third-order valence-electron chi connectivity index (χ3n) is 2.18. The molecule has 1 aromatic heterocycles. The Morgan fingerprint density at radius 1 is 1.61 bits per heavy atom. The maximum Gasteiger partial charge on any atom is 0.310 e. The van der Waals surface area contributed by atoms with Gasteiger partial charge in [0, 0.05) is 5.56 Å². The van der Waals surface area contributed by atoms with Crippen molar-refractivity contribution >= 4 is 33.5 Å². The second kappa shape index (κ2) is 6.99. The van der Waals surface area contributed by atoms with Crippen LogP contribution in [-0.4, -0.2) is 17.6 Å². The van der Waals surface area contributed by atoms with Gasteiger partial charge in [0.15, 0.2) is 0 Å². The maximum absolute atomic E-state index is 13.0. The second-order valence-electron chi connectivity index (χ2n) is 3.38. The van der Waals surface area contributed by atoms with Crippen LogP contribution in [-0.2, 0) is 21.8 Å². The third-order valence-corrected chi connectivity index (χ3v) is 2.84. The van der Waals surface area contributed by atoms with E-state index in [1.807, 2.05) is 0 Å². The number of esters is 1. The van der Waals surface area contributed by atoms with E-state index in [0.29, 0.717) is 4.60 Å². The van der Waals surface area contributed by atoms with Crippen LogP contribution in [0.25, 0.3) is 0 Å². The molecule has 1 aromatic rings. The van der Waals surface area contributed by atoms with Crippen molar-refractivity contribution in [3.8, 4) is 0 Å². The number of halogens is 4. The predicted molar refractivity (Wildman–Crippen MR) is 66.8 cm³/mol. The number of carbonyl (C=O) groups excluding carboxylic acids is 1. The number of rotatable bonds is 5. The van der Waals surface area contributed by atoms with Crippen LogP contribution < -0.4 is 0 Å². The van der Waals surface area contributed by atoms with Crippen molar-refractivity contribution in [3.63, 3.8) is 0 Å². The van der Waals surface area contributed by atoms with Crippen molar-refractivity contribution in [2.45, 2.75) is 25.7 Å². The number of nitrogens with zero attached hydrogens (tertiary/aromatic N) is 1. The van der Waals surface area contributed by atoms with Gasteiger partial charge in [0.2, 0.25) is 0 Å². The second-order valence-corrected chi connectivity index (χ2v) is 4.46. The van der Waals surface area contributed by atoms with Crippen LogP contribution in [0.3, 0.4) is 0 Å². The van der Waals surface area contributed by atoms with Gasteiger partial charge in [-0.25, -0.2) is 13.8 Å². The Morgan fingerprint density at radius 3 is 2.78 bits per heavy atom. The minimum atomic E-state index is -2.73. The van der Waals surface area contributed by atoms with E-state index in [-0.39, 0.29) is 35.7 Å². The number of hydrogen-bond donors (Lipinski definition) is 0. The number of hydrogen-bond acceptors (Lipinski definition) is 3. The highest BCUT2D eigenvalue weighted by molar-refractivity contribution is 9.10. The molecular formula is C11H11BrClF2NO2. The third kappa shape index (κ3) is 3.88. The molecular weight excluding hydrogens is 331 g/mol. The quantitative estimate of drug-likeness (QED) is 0.466. The Balaban J connectivity index is 3.15. The van der Waals surface area contributed by atoms with Gasteiger partial charge < -0.3 is 4.74 Å². The van der Waals surface area contributed by atoms with Gasteiger partial charge >= 0.3 is 5.97 Å². The minimum absolute atomic E-state index is 0.0698. The van der Waals surface area contributed by atoms with Crippen LogP contribution in [0.2, 0.25) is 0 Å². The van der Waals surface area contributed by atoms with Crippen LogP contribution in [0.4, 0.5) is 8.78 Å². The van der Waals surface area contributed by atoms with Crippen LogP contribution >= 0.6 is 27.5 Å². The Bertz CT molecular complexity index is 443. The maximum atomic E-state index is 13.0. The molecule has 100 valence electrons. The number of carbonyl (C=O) groups is 1. The Labute approximate surface area is 117 Å². The SMILES string of the molecule is CCOC(=O)Cc1cc(Br)nc(CCl)c1C(F)F. The molecule has 18 heavy (non-hydrogen) atoms. The molecule has 0 fully saturated rings. The molecule has 0 amide bonds. The van der Waals surface area contributed by atoms with Crippen LogP contribution in [0.5, 0.6) is 0 Å². The fraction of sp³-hybridized carbons (Fsp3) is 0.455. The van der Waals surface area contributed by atoms with E-state index >= 15 is 0 Å². The van der Waals surface area contributed by atoms with E-state index < -0.39 is 12.4 Å². The fourth-order valence-electron chi connectivity index (χ4n) is 1.51. The molecule has 0 unspecified atom stereocenters. The highest BCUT2D eigenvalue weighted by Gasteiger charge is 2.21. The Kier molecular flexibility index (Phi) is 5.95. The molecule has 0 radical (unpaired) electrons. The van der Waals surface area contributed by atoms with Gasteiger partial charge in [0.1, 0.15) is 4.60 Å². The molecule has 0 saturated carbocycles. The molecule has 0 N–H and O–H groups in total. The normalized spacial score (nSPS) is 10.8. The first kappa shape index (κ1) is 15.3. The number of alkyl halides is 3. The minimum Gasteiger partial charge on any atom is -0.466 e. The number of pyridine rings is 1. The first-order valence-electron chi connectivity index (χ1n) is 5.17. The molecule has 7 heteroatoms. The molecule has 0 saturated heterocycles. The van der Waals surface area contributed by atoms with Crippen LogP contribution in [0, 0.1) is 0 Å². The first-order valence-corrected chi connectivity index (χ1v) is 6.50. The van der Waals surface area contributed by atoms with E-state index in [0.717, 1.165) is 0 Å². The predicted octanol–water partition coefficient (Wildman–Crippen LogP) is 3.63. The standard InChI is InChI=1S/C11H11BrClF2NO2/c1-2-18-9(17)4-6-3-8(12)16-7(5-13)10(6)11(14)15/h3,11H,2,4-5H2,1H3. The summed E-state index contributed by atoms with van der Waals surface area (Å²) in [6.07, 6.45) is -2.96. The summed E-state index contributed by atoms with van der Waals surface area (Å²) in [5.41, 5.74) is -0.0393. The fourth-order valence-corrected chi connectivity index (χ4v) is 2.20. The van der Waals surface area contributed by atoms with E-state index in [2.05, 4.69) is 20.9 Å². The summed E-state index contributed by atoms with van der Waals surface area (Å²) in [4.78, 5) is 15.2. The molecule has 1 heterocycles. The zero-order valence-electron chi connectivity index (χ0n) is 9.55. The summed E-state index contributed by atoms with van der Waals surface area (Å²) in [6, 6.07) is 1.38. The van der Waals surface area contributed by atoms with Crippen molar-refractivity contribution in [3.05, 3.63) is 27.5 Å². The van der Waals surface area contributed by atoms with Gasteiger partial charge in [-0.3, -0.25) is 4.79 Å². The van der Waals surface area contributed by atoms with Gasteiger partial charge in [-0.1, -0.05) is 0 Å². The van der Waals surface area contributed by atoms with Crippen LogP contribution in [0.1, 0.15) is 30.2 Å². The summed E-state index contributed by atoms with van der Waals surface area (Å²) >= 11 is 8.68. The molecule has 0 atom stereocenters.